The Balaban J connectivity index is 3.34. The Morgan fingerprint density at radius 2 is 2.21 bits per heavy atom. The molecule has 0 heterocycles. The summed E-state index contributed by atoms with van der Waals surface area (Å²) in [6, 6.07) is 3.05. The Morgan fingerprint density at radius 3 is 2.64 bits per heavy atom. The van der Waals surface area contributed by atoms with Crippen molar-refractivity contribution in [1.29, 1.82) is 0 Å². The molecule has 76 valence electrons. The summed E-state index contributed by atoms with van der Waals surface area (Å²) in [4.78, 5) is 11.5. The van der Waals surface area contributed by atoms with Crippen LogP contribution in [0.5, 0.6) is 0 Å². The topological polar surface area (TPSA) is 37.3 Å². The Kier molecular flexibility index (Phi) is 3.52. The van der Waals surface area contributed by atoms with Crippen LogP contribution in [-0.4, -0.2) is 17.3 Å². The van der Waals surface area contributed by atoms with E-state index in [9.17, 15) is 9.18 Å². The smallest absolute Gasteiger partial charge is 0.338 e. The van der Waals surface area contributed by atoms with Gasteiger partial charge in [-0.25, -0.2) is 9.18 Å². The van der Waals surface area contributed by atoms with E-state index in [1.807, 2.05) is 6.26 Å². The first-order valence-corrected chi connectivity index (χ1v) is 5.42. The van der Waals surface area contributed by atoms with Gasteiger partial charge in [0.25, 0.3) is 0 Å². The molecule has 0 aromatic heterocycles. The van der Waals surface area contributed by atoms with Crippen molar-refractivity contribution in [3.05, 3.63) is 29.1 Å². The molecule has 0 saturated carbocycles. The van der Waals surface area contributed by atoms with E-state index in [1.54, 1.807) is 13.0 Å². The molecule has 0 bridgehead atoms. The molecule has 0 atom stereocenters. The number of aryl methyl sites for hydroxylation is 1. The monoisotopic (exact) mass is 214 g/mol. The van der Waals surface area contributed by atoms with Crippen LogP contribution in [0.15, 0.2) is 17.0 Å². The molecular weight excluding hydrogens is 203 g/mol. The van der Waals surface area contributed by atoms with Crippen LogP contribution < -0.4 is 0 Å². The maximum atomic E-state index is 13.4. The maximum Gasteiger partial charge on any atom is 0.338 e. The normalized spacial score (nSPS) is 10.2. The fraction of sp³-hybridized carbons (Fsp3) is 0.300. The van der Waals surface area contributed by atoms with Gasteiger partial charge in [0, 0.05) is 4.90 Å². The lowest BCUT2D eigenvalue weighted by Crippen LogP contribution is -2.04. The van der Waals surface area contributed by atoms with Crippen LogP contribution in [0.25, 0.3) is 0 Å². The second-order valence-corrected chi connectivity index (χ2v) is 3.69. The fourth-order valence-corrected chi connectivity index (χ4v) is 1.68. The lowest BCUT2D eigenvalue weighted by molar-refractivity contribution is 0.0691. The lowest BCUT2D eigenvalue weighted by Gasteiger charge is -2.06. The summed E-state index contributed by atoms with van der Waals surface area (Å²) in [6.07, 6.45) is 2.33. The summed E-state index contributed by atoms with van der Waals surface area (Å²) in [5.74, 6) is -1.83. The van der Waals surface area contributed by atoms with Gasteiger partial charge in [0.2, 0.25) is 0 Å². The van der Waals surface area contributed by atoms with Crippen LogP contribution in [0.3, 0.4) is 0 Å². The number of benzene rings is 1. The van der Waals surface area contributed by atoms with Gasteiger partial charge < -0.3 is 5.11 Å². The first kappa shape index (κ1) is 11.0. The third-order valence-electron chi connectivity index (χ3n) is 1.97. The number of carbonyl (C=O) groups is 1. The minimum atomic E-state index is -1.21. The Labute approximate surface area is 86.1 Å². The zero-order valence-electron chi connectivity index (χ0n) is 8.00. The Morgan fingerprint density at radius 1 is 1.57 bits per heavy atom. The second kappa shape index (κ2) is 4.46. The molecule has 1 aromatic carbocycles. The summed E-state index contributed by atoms with van der Waals surface area (Å²) in [5.41, 5.74) is 0.211. The minimum absolute atomic E-state index is 0.242. The van der Waals surface area contributed by atoms with Gasteiger partial charge in [-0.3, -0.25) is 0 Å². The quantitative estimate of drug-likeness (QED) is 0.786. The third-order valence-corrected chi connectivity index (χ3v) is 2.68. The molecule has 1 rings (SSSR count). The minimum Gasteiger partial charge on any atom is -0.478 e. The highest BCUT2D eigenvalue weighted by Gasteiger charge is 2.14. The van der Waals surface area contributed by atoms with Gasteiger partial charge in [-0.05, 0) is 30.4 Å². The van der Waals surface area contributed by atoms with Crippen molar-refractivity contribution in [2.45, 2.75) is 18.2 Å². The van der Waals surface area contributed by atoms with Crippen LogP contribution in [-0.2, 0) is 6.42 Å². The van der Waals surface area contributed by atoms with E-state index in [1.165, 1.54) is 17.8 Å². The lowest BCUT2D eigenvalue weighted by atomic mass is 10.1. The van der Waals surface area contributed by atoms with Crippen molar-refractivity contribution >= 4 is 17.7 Å². The number of halogens is 1. The van der Waals surface area contributed by atoms with Gasteiger partial charge in [0.1, 0.15) is 5.82 Å². The van der Waals surface area contributed by atoms with Crippen molar-refractivity contribution in [2.24, 2.45) is 0 Å². The third kappa shape index (κ3) is 2.07. The molecule has 1 N–H and O–H groups in total. The highest BCUT2D eigenvalue weighted by atomic mass is 32.2. The van der Waals surface area contributed by atoms with Crippen molar-refractivity contribution in [1.82, 2.24) is 0 Å². The van der Waals surface area contributed by atoms with Gasteiger partial charge in [0.05, 0.1) is 5.56 Å². The van der Waals surface area contributed by atoms with Crippen LogP contribution in [0, 0.1) is 5.82 Å². The van der Waals surface area contributed by atoms with Crippen molar-refractivity contribution in [2.75, 3.05) is 6.26 Å². The molecule has 0 radical (unpaired) electrons. The molecule has 0 aliphatic heterocycles. The van der Waals surface area contributed by atoms with E-state index in [-0.39, 0.29) is 5.56 Å². The number of carboxylic acids is 1. The molecule has 14 heavy (non-hydrogen) atoms. The molecular formula is C10H11FO2S. The summed E-state index contributed by atoms with van der Waals surface area (Å²) in [7, 11) is 0. The number of thioether (sulfide) groups is 1. The highest BCUT2D eigenvalue weighted by Crippen LogP contribution is 2.23. The van der Waals surface area contributed by atoms with Gasteiger partial charge in [-0.2, -0.15) is 0 Å². The van der Waals surface area contributed by atoms with Gasteiger partial charge in [-0.1, -0.05) is 6.92 Å². The van der Waals surface area contributed by atoms with E-state index in [4.69, 9.17) is 5.11 Å². The van der Waals surface area contributed by atoms with Crippen LogP contribution >= 0.6 is 11.8 Å². The number of hydrogen-bond donors (Lipinski definition) is 1. The molecule has 0 spiro atoms. The average molecular weight is 214 g/mol. The standard InChI is InChI=1S/C10H11FO2S/c1-3-6-4-7(14-2)5-8(9(6)11)10(12)13/h4-5H,3H2,1-2H3,(H,12,13). The SMILES string of the molecule is CCc1cc(SC)cc(C(=O)O)c1F. The molecule has 0 aliphatic rings. The molecule has 0 saturated heterocycles. The van der Waals surface area contributed by atoms with Gasteiger partial charge in [0.15, 0.2) is 0 Å². The molecule has 0 amide bonds. The maximum absolute atomic E-state index is 13.4. The first-order chi connectivity index (χ1) is 6.60. The number of carboxylic acid groups (broad SMARTS) is 1. The average Bonchev–Trinajstić information content (AvgIpc) is 2.17. The van der Waals surface area contributed by atoms with Crippen molar-refractivity contribution < 1.29 is 14.3 Å². The zero-order valence-corrected chi connectivity index (χ0v) is 8.82. The van der Waals surface area contributed by atoms with Crippen molar-refractivity contribution in [3.8, 4) is 0 Å². The molecule has 2 nitrogen and oxygen atoms in total. The largest absolute Gasteiger partial charge is 0.478 e. The number of rotatable bonds is 3. The van der Waals surface area contributed by atoms with Crippen LogP contribution in [0.2, 0.25) is 0 Å². The van der Waals surface area contributed by atoms with Crippen LogP contribution in [0.1, 0.15) is 22.8 Å². The fourth-order valence-electron chi connectivity index (χ4n) is 1.19. The van der Waals surface area contributed by atoms with Crippen molar-refractivity contribution in [3.63, 3.8) is 0 Å². The molecule has 0 fully saturated rings. The van der Waals surface area contributed by atoms with E-state index >= 15 is 0 Å². The number of hydrogen-bond acceptors (Lipinski definition) is 2. The highest BCUT2D eigenvalue weighted by molar-refractivity contribution is 7.98. The summed E-state index contributed by atoms with van der Waals surface area (Å²) < 4.78 is 13.4. The summed E-state index contributed by atoms with van der Waals surface area (Å²) >= 11 is 1.41. The molecule has 1 aromatic rings. The van der Waals surface area contributed by atoms with Crippen LogP contribution in [0.4, 0.5) is 4.39 Å². The number of aromatic carboxylic acids is 1. The van der Waals surface area contributed by atoms with E-state index in [0.29, 0.717) is 12.0 Å². The summed E-state index contributed by atoms with van der Waals surface area (Å²) in [5, 5.41) is 8.76. The Bertz CT molecular complexity index is 363. The van der Waals surface area contributed by atoms with E-state index in [0.717, 1.165) is 4.90 Å². The van der Waals surface area contributed by atoms with Gasteiger partial charge in [-0.15, -0.1) is 11.8 Å². The Hall–Kier alpha value is -1.03. The molecule has 0 aliphatic carbocycles. The summed E-state index contributed by atoms with van der Waals surface area (Å²) in [6.45, 7) is 1.80. The molecule has 0 unspecified atom stereocenters. The predicted molar refractivity (Wildman–Crippen MR) is 54.5 cm³/mol. The van der Waals surface area contributed by atoms with Gasteiger partial charge >= 0.3 is 5.97 Å². The first-order valence-electron chi connectivity index (χ1n) is 4.19. The van der Waals surface area contributed by atoms with E-state index in [2.05, 4.69) is 0 Å². The molecule has 4 heteroatoms. The van der Waals surface area contributed by atoms with E-state index < -0.39 is 11.8 Å². The zero-order chi connectivity index (χ0) is 10.7. The predicted octanol–water partition coefficient (Wildman–Crippen LogP) is 2.81. The second-order valence-electron chi connectivity index (χ2n) is 2.81.